The van der Waals surface area contributed by atoms with Crippen LogP contribution < -0.4 is 10.2 Å². The van der Waals surface area contributed by atoms with E-state index >= 15 is 0 Å². The molecule has 0 bridgehead atoms. The average molecular weight is 673 g/mol. The van der Waals surface area contributed by atoms with Gasteiger partial charge in [0.05, 0.1) is 18.8 Å². The fourth-order valence-corrected chi connectivity index (χ4v) is 6.69. The molecule has 49 heavy (non-hydrogen) atoms. The van der Waals surface area contributed by atoms with Gasteiger partial charge < -0.3 is 44.2 Å². The summed E-state index contributed by atoms with van der Waals surface area (Å²) in [5, 5.41) is 49.8. The van der Waals surface area contributed by atoms with Crippen LogP contribution in [0.2, 0.25) is 0 Å². The standard InChI is InChI=1S/C38H40O11/c1-21-15-24(11-13-27(21)40)37-38(36(45)35-30(43)18-25(39)19-33(35)49-37)48-32-8-3-2-7-31(32)47-26-6-4-5-23(16-26)20-46-34(44)14-10-22-9-12-28(41)29(42)17-22/h9-15,17-19,23,26,31-32,39-43H,2-8,16,20H2,1H3/b14-10+. The molecule has 1 aromatic heterocycles. The van der Waals surface area contributed by atoms with Crippen molar-refractivity contribution in [3.8, 4) is 45.8 Å². The van der Waals surface area contributed by atoms with E-state index in [4.69, 9.17) is 18.6 Å². The molecule has 2 saturated carbocycles. The first-order valence-electron chi connectivity index (χ1n) is 16.6. The third-order valence-electron chi connectivity index (χ3n) is 9.26. The van der Waals surface area contributed by atoms with Crippen LogP contribution >= 0.6 is 0 Å². The third-order valence-corrected chi connectivity index (χ3v) is 9.26. The van der Waals surface area contributed by atoms with Crippen LogP contribution in [-0.2, 0) is 14.3 Å². The van der Waals surface area contributed by atoms with Gasteiger partial charge in [-0.3, -0.25) is 4.79 Å². The first-order chi connectivity index (χ1) is 23.5. The Labute approximate surface area is 282 Å². The highest BCUT2D eigenvalue weighted by Crippen LogP contribution is 2.39. The molecule has 0 aliphatic heterocycles. The summed E-state index contributed by atoms with van der Waals surface area (Å²) in [6, 6.07) is 11.4. The molecule has 0 radical (unpaired) electrons. The molecule has 0 amide bonds. The van der Waals surface area contributed by atoms with Crippen LogP contribution in [0.15, 0.2) is 63.8 Å². The van der Waals surface area contributed by atoms with Gasteiger partial charge in [0, 0.05) is 23.8 Å². The molecule has 11 heteroatoms. The van der Waals surface area contributed by atoms with Gasteiger partial charge in [-0.05, 0) is 98.9 Å². The van der Waals surface area contributed by atoms with Crippen molar-refractivity contribution < 1.29 is 49.0 Å². The van der Waals surface area contributed by atoms with E-state index in [0.717, 1.165) is 44.6 Å². The predicted octanol–water partition coefficient (Wildman–Crippen LogP) is 6.82. The SMILES string of the molecule is Cc1cc(-c2oc3cc(O)cc(O)c3c(=O)c2OC2CCCCC2OC2CCCC(COC(=O)/C=C/c3ccc(O)c(O)c3)C2)ccc1O. The van der Waals surface area contributed by atoms with E-state index in [1.165, 1.54) is 36.4 Å². The number of carbonyl (C=O) groups is 1. The fourth-order valence-electron chi connectivity index (χ4n) is 6.69. The van der Waals surface area contributed by atoms with E-state index in [1.54, 1.807) is 25.1 Å². The molecular weight excluding hydrogens is 632 g/mol. The van der Waals surface area contributed by atoms with Gasteiger partial charge in [-0.1, -0.05) is 18.9 Å². The van der Waals surface area contributed by atoms with Gasteiger partial charge in [0.15, 0.2) is 17.3 Å². The van der Waals surface area contributed by atoms with Gasteiger partial charge in [0.2, 0.25) is 11.2 Å². The molecule has 4 unspecified atom stereocenters. The molecule has 2 fully saturated rings. The normalized spacial score (nSPS) is 21.2. The topological polar surface area (TPSA) is 176 Å². The van der Waals surface area contributed by atoms with E-state index in [0.29, 0.717) is 29.5 Å². The molecule has 11 nitrogen and oxygen atoms in total. The van der Waals surface area contributed by atoms with E-state index in [-0.39, 0.29) is 70.2 Å². The van der Waals surface area contributed by atoms with Gasteiger partial charge in [0.1, 0.15) is 34.3 Å². The summed E-state index contributed by atoms with van der Waals surface area (Å²) in [7, 11) is 0. The van der Waals surface area contributed by atoms with E-state index in [1.807, 2.05) is 0 Å². The lowest BCUT2D eigenvalue weighted by Gasteiger charge is -2.37. The van der Waals surface area contributed by atoms with E-state index in [2.05, 4.69) is 0 Å². The molecule has 4 atom stereocenters. The average Bonchev–Trinajstić information content (AvgIpc) is 3.07. The molecular formula is C38H40O11. The van der Waals surface area contributed by atoms with Crippen LogP contribution in [0.4, 0.5) is 0 Å². The summed E-state index contributed by atoms with van der Waals surface area (Å²) in [6.45, 7) is 1.96. The maximum Gasteiger partial charge on any atom is 0.330 e. The minimum absolute atomic E-state index is 0.00360. The number of hydrogen-bond acceptors (Lipinski definition) is 11. The fraction of sp³-hybridized carbons (Fsp3) is 0.368. The number of carbonyl (C=O) groups excluding carboxylic acids is 1. The highest BCUT2D eigenvalue weighted by atomic mass is 16.6. The van der Waals surface area contributed by atoms with Crippen molar-refractivity contribution >= 4 is 23.0 Å². The first-order valence-corrected chi connectivity index (χ1v) is 16.6. The minimum Gasteiger partial charge on any atom is -0.508 e. The van der Waals surface area contributed by atoms with Gasteiger partial charge in [0.25, 0.3) is 0 Å². The van der Waals surface area contributed by atoms with Gasteiger partial charge >= 0.3 is 5.97 Å². The molecule has 258 valence electrons. The molecule has 0 saturated heterocycles. The summed E-state index contributed by atoms with van der Waals surface area (Å²) >= 11 is 0. The lowest BCUT2D eigenvalue weighted by atomic mass is 9.87. The third kappa shape index (κ3) is 7.78. The van der Waals surface area contributed by atoms with Crippen molar-refractivity contribution in [2.45, 2.75) is 76.6 Å². The van der Waals surface area contributed by atoms with Gasteiger partial charge in [-0.2, -0.15) is 0 Å². The Bertz CT molecular complexity index is 1930. The Morgan fingerprint density at radius 1 is 0.857 bits per heavy atom. The second-order valence-electron chi connectivity index (χ2n) is 12.9. The van der Waals surface area contributed by atoms with Crippen molar-refractivity contribution in [2.24, 2.45) is 5.92 Å². The number of ether oxygens (including phenoxy) is 3. The van der Waals surface area contributed by atoms with Crippen LogP contribution in [0.3, 0.4) is 0 Å². The molecule has 4 aromatic rings. The Balaban J connectivity index is 1.16. The Morgan fingerprint density at radius 2 is 1.63 bits per heavy atom. The van der Waals surface area contributed by atoms with Crippen LogP contribution in [-0.4, -0.2) is 56.4 Å². The second-order valence-corrected chi connectivity index (χ2v) is 12.9. The van der Waals surface area contributed by atoms with E-state index in [9.17, 15) is 35.1 Å². The molecule has 2 aliphatic carbocycles. The van der Waals surface area contributed by atoms with Crippen LogP contribution in [0.5, 0.6) is 34.5 Å². The van der Waals surface area contributed by atoms with Crippen molar-refractivity contribution in [3.63, 3.8) is 0 Å². The highest BCUT2D eigenvalue weighted by Gasteiger charge is 2.34. The number of hydrogen-bond donors (Lipinski definition) is 5. The Kier molecular flexibility index (Phi) is 10.0. The number of rotatable bonds is 9. The van der Waals surface area contributed by atoms with Gasteiger partial charge in [-0.15, -0.1) is 0 Å². The zero-order chi connectivity index (χ0) is 34.7. The molecule has 0 spiro atoms. The zero-order valence-electron chi connectivity index (χ0n) is 27.1. The summed E-state index contributed by atoms with van der Waals surface area (Å²) in [6.07, 6.45) is 8.39. The van der Waals surface area contributed by atoms with Crippen molar-refractivity contribution in [3.05, 3.63) is 76.0 Å². The maximum atomic E-state index is 13.9. The lowest BCUT2D eigenvalue weighted by Crippen LogP contribution is -2.41. The number of fused-ring (bicyclic) bond motifs is 1. The quantitative estimate of drug-likeness (QED) is 0.0717. The zero-order valence-corrected chi connectivity index (χ0v) is 27.1. The summed E-state index contributed by atoms with van der Waals surface area (Å²) in [5.74, 6) is -1.49. The van der Waals surface area contributed by atoms with E-state index < -0.39 is 23.3 Å². The number of aryl methyl sites for hydroxylation is 1. The number of phenolic OH excluding ortho intramolecular Hbond substituents is 5. The van der Waals surface area contributed by atoms with Crippen molar-refractivity contribution in [1.82, 2.24) is 0 Å². The van der Waals surface area contributed by atoms with Crippen molar-refractivity contribution in [2.75, 3.05) is 6.61 Å². The second kappa shape index (κ2) is 14.5. The number of benzene rings is 3. The van der Waals surface area contributed by atoms with Gasteiger partial charge in [-0.25, -0.2) is 4.79 Å². The van der Waals surface area contributed by atoms with Crippen LogP contribution in [0.25, 0.3) is 28.4 Å². The Hall–Kier alpha value is -5.16. The summed E-state index contributed by atoms with van der Waals surface area (Å²) in [4.78, 5) is 26.3. The molecule has 2 aliphatic rings. The monoisotopic (exact) mass is 672 g/mol. The molecule has 6 rings (SSSR count). The highest BCUT2D eigenvalue weighted by molar-refractivity contribution is 5.88. The predicted molar refractivity (Wildman–Crippen MR) is 181 cm³/mol. The summed E-state index contributed by atoms with van der Waals surface area (Å²) in [5.41, 5.74) is 1.01. The Morgan fingerprint density at radius 3 is 2.41 bits per heavy atom. The van der Waals surface area contributed by atoms with Crippen LogP contribution in [0, 0.1) is 12.8 Å². The molecule has 1 heterocycles. The van der Waals surface area contributed by atoms with Crippen molar-refractivity contribution in [1.29, 1.82) is 0 Å². The number of aromatic hydroxyl groups is 5. The largest absolute Gasteiger partial charge is 0.508 e. The molecule has 3 aromatic carbocycles. The summed E-state index contributed by atoms with van der Waals surface area (Å²) < 4.78 is 24.8. The first kappa shape index (κ1) is 33.7. The minimum atomic E-state index is -0.584. The smallest absolute Gasteiger partial charge is 0.330 e. The lowest BCUT2D eigenvalue weighted by molar-refractivity contribution is -0.141. The number of phenols is 5. The van der Waals surface area contributed by atoms with Crippen LogP contribution in [0.1, 0.15) is 62.5 Å². The molecule has 5 N–H and O–H groups in total. The number of esters is 1. The maximum absolute atomic E-state index is 13.9.